The summed E-state index contributed by atoms with van der Waals surface area (Å²) in [4.78, 5) is 4.40. The van der Waals surface area contributed by atoms with Gasteiger partial charge in [-0.3, -0.25) is 0 Å². The topological polar surface area (TPSA) is 50.1 Å². The third-order valence-electron chi connectivity index (χ3n) is 3.71. The van der Waals surface area contributed by atoms with E-state index in [4.69, 9.17) is 4.42 Å². The first kappa shape index (κ1) is 10.6. The minimum atomic E-state index is 0.237. The van der Waals surface area contributed by atoms with Gasteiger partial charge in [0.1, 0.15) is 5.52 Å². The van der Waals surface area contributed by atoms with Gasteiger partial charge in [0.25, 0.3) is 6.01 Å². The molecule has 3 rings (SSSR count). The van der Waals surface area contributed by atoms with Gasteiger partial charge >= 0.3 is 0 Å². The van der Waals surface area contributed by atoms with Crippen LogP contribution in [-0.2, 0) is 0 Å². The molecule has 0 spiro atoms. The van der Waals surface area contributed by atoms with Gasteiger partial charge in [0, 0.05) is 12.1 Å². The zero-order valence-electron chi connectivity index (χ0n) is 9.99. The van der Waals surface area contributed by atoms with Crippen molar-refractivity contribution in [2.75, 3.05) is 18.9 Å². The number of hydrogen-bond acceptors (Lipinski definition) is 4. The molecule has 1 saturated carbocycles. The molecule has 0 radical (unpaired) electrons. The van der Waals surface area contributed by atoms with E-state index in [1.165, 1.54) is 19.3 Å². The van der Waals surface area contributed by atoms with Crippen molar-refractivity contribution in [1.82, 2.24) is 10.3 Å². The van der Waals surface area contributed by atoms with Crippen LogP contribution in [0.25, 0.3) is 11.1 Å². The average molecular weight is 231 g/mol. The van der Waals surface area contributed by atoms with Gasteiger partial charge in [0.05, 0.1) is 0 Å². The van der Waals surface area contributed by atoms with E-state index in [0.717, 1.165) is 17.6 Å². The fourth-order valence-electron chi connectivity index (χ4n) is 2.31. The Hall–Kier alpha value is -1.55. The Morgan fingerprint density at radius 3 is 2.82 bits per heavy atom. The molecular formula is C13H17N3O. The molecule has 1 aliphatic carbocycles. The highest BCUT2D eigenvalue weighted by Gasteiger charge is 2.35. The van der Waals surface area contributed by atoms with Crippen LogP contribution >= 0.6 is 0 Å². The molecule has 1 aromatic carbocycles. The van der Waals surface area contributed by atoms with E-state index in [2.05, 4.69) is 15.6 Å². The molecule has 1 heterocycles. The first-order chi connectivity index (χ1) is 8.31. The molecule has 0 bridgehead atoms. The first-order valence-electron chi connectivity index (χ1n) is 6.10. The van der Waals surface area contributed by atoms with Gasteiger partial charge in [-0.1, -0.05) is 12.1 Å². The monoisotopic (exact) mass is 231 g/mol. The van der Waals surface area contributed by atoms with Gasteiger partial charge < -0.3 is 15.1 Å². The van der Waals surface area contributed by atoms with E-state index in [1.807, 2.05) is 31.3 Å². The summed E-state index contributed by atoms with van der Waals surface area (Å²) in [7, 11) is 2.02. The van der Waals surface area contributed by atoms with Crippen molar-refractivity contribution in [2.45, 2.75) is 24.8 Å². The van der Waals surface area contributed by atoms with E-state index < -0.39 is 0 Å². The molecule has 17 heavy (non-hydrogen) atoms. The molecule has 0 unspecified atom stereocenters. The largest absolute Gasteiger partial charge is 0.424 e. The lowest BCUT2D eigenvalue weighted by Crippen LogP contribution is -2.54. The lowest BCUT2D eigenvalue weighted by Gasteiger charge is -2.41. The summed E-state index contributed by atoms with van der Waals surface area (Å²) in [6, 6.07) is 8.44. The molecule has 0 aliphatic heterocycles. The van der Waals surface area contributed by atoms with Crippen molar-refractivity contribution in [2.24, 2.45) is 0 Å². The van der Waals surface area contributed by atoms with E-state index in [0.29, 0.717) is 6.01 Å². The van der Waals surface area contributed by atoms with Crippen molar-refractivity contribution >= 4 is 17.1 Å². The summed E-state index contributed by atoms with van der Waals surface area (Å²) in [5, 5.41) is 6.67. The molecule has 1 aliphatic rings. The number of benzene rings is 1. The molecule has 0 amide bonds. The summed E-state index contributed by atoms with van der Waals surface area (Å²) in [6.45, 7) is 0.871. The molecule has 1 aromatic heterocycles. The van der Waals surface area contributed by atoms with Gasteiger partial charge in [-0.15, -0.1) is 0 Å². The van der Waals surface area contributed by atoms with Gasteiger partial charge in [0.2, 0.25) is 0 Å². The van der Waals surface area contributed by atoms with Crippen LogP contribution in [0.5, 0.6) is 0 Å². The summed E-state index contributed by atoms with van der Waals surface area (Å²) >= 11 is 0. The maximum absolute atomic E-state index is 5.63. The van der Waals surface area contributed by atoms with Crippen LogP contribution in [0.2, 0.25) is 0 Å². The second-order valence-electron chi connectivity index (χ2n) is 4.72. The fraction of sp³-hybridized carbons (Fsp3) is 0.462. The predicted octanol–water partition coefficient (Wildman–Crippen LogP) is 2.38. The first-order valence-corrected chi connectivity index (χ1v) is 6.10. The number of aromatic nitrogens is 1. The Bertz CT molecular complexity index is 478. The smallest absolute Gasteiger partial charge is 0.295 e. The van der Waals surface area contributed by atoms with Gasteiger partial charge in [0.15, 0.2) is 5.58 Å². The van der Waals surface area contributed by atoms with E-state index in [-0.39, 0.29) is 5.54 Å². The standard InChI is InChI=1S/C13H17N3O/c1-14-13(7-4-8-13)9-15-12-16-10-5-2-3-6-11(10)17-12/h2-3,5-6,14H,4,7-9H2,1H3,(H,15,16). The summed E-state index contributed by atoms with van der Waals surface area (Å²) in [6.07, 6.45) is 3.74. The van der Waals surface area contributed by atoms with Crippen LogP contribution < -0.4 is 10.6 Å². The Kier molecular flexibility index (Phi) is 2.52. The Morgan fingerprint density at radius 1 is 1.35 bits per heavy atom. The molecule has 1 fully saturated rings. The number of likely N-dealkylation sites (N-methyl/N-ethyl adjacent to an activating group) is 1. The van der Waals surface area contributed by atoms with Gasteiger partial charge in [-0.25, -0.2) is 0 Å². The lowest BCUT2D eigenvalue weighted by molar-refractivity contribution is 0.213. The van der Waals surface area contributed by atoms with Gasteiger partial charge in [-0.05, 0) is 38.4 Å². The summed E-state index contributed by atoms with van der Waals surface area (Å²) < 4.78 is 5.63. The molecule has 2 aromatic rings. The highest BCUT2D eigenvalue weighted by molar-refractivity contribution is 5.74. The van der Waals surface area contributed by atoms with Crippen molar-refractivity contribution in [3.63, 3.8) is 0 Å². The van der Waals surface area contributed by atoms with E-state index in [1.54, 1.807) is 0 Å². The zero-order valence-corrected chi connectivity index (χ0v) is 9.99. The number of rotatable bonds is 4. The molecule has 0 atom stereocenters. The Morgan fingerprint density at radius 2 is 2.18 bits per heavy atom. The summed E-state index contributed by atoms with van der Waals surface area (Å²) in [5.41, 5.74) is 1.98. The number of hydrogen-bond donors (Lipinski definition) is 2. The van der Waals surface area contributed by atoms with Gasteiger partial charge in [-0.2, -0.15) is 4.98 Å². The second-order valence-corrected chi connectivity index (χ2v) is 4.72. The number of para-hydroxylation sites is 2. The van der Waals surface area contributed by atoms with E-state index in [9.17, 15) is 0 Å². The number of nitrogens with zero attached hydrogens (tertiary/aromatic N) is 1. The van der Waals surface area contributed by atoms with Crippen LogP contribution in [0.3, 0.4) is 0 Å². The third-order valence-corrected chi connectivity index (χ3v) is 3.71. The number of fused-ring (bicyclic) bond motifs is 1. The normalized spacial score (nSPS) is 17.9. The average Bonchev–Trinajstić information content (AvgIpc) is 2.71. The van der Waals surface area contributed by atoms with Crippen molar-refractivity contribution in [1.29, 1.82) is 0 Å². The van der Waals surface area contributed by atoms with Crippen LogP contribution in [0.15, 0.2) is 28.7 Å². The van der Waals surface area contributed by atoms with Crippen LogP contribution in [0.1, 0.15) is 19.3 Å². The quantitative estimate of drug-likeness (QED) is 0.848. The maximum atomic E-state index is 5.63. The van der Waals surface area contributed by atoms with Crippen molar-refractivity contribution in [3.8, 4) is 0 Å². The molecule has 4 nitrogen and oxygen atoms in total. The molecular weight excluding hydrogens is 214 g/mol. The highest BCUT2D eigenvalue weighted by atomic mass is 16.4. The van der Waals surface area contributed by atoms with Crippen LogP contribution in [-0.4, -0.2) is 24.1 Å². The highest BCUT2D eigenvalue weighted by Crippen LogP contribution is 2.31. The molecule has 4 heteroatoms. The summed E-state index contributed by atoms with van der Waals surface area (Å²) in [5.74, 6) is 0. The Balaban J connectivity index is 1.72. The molecule has 0 saturated heterocycles. The lowest BCUT2D eigenvalue weighted by atomic mass is 9.77. The number of nitrogens with one attached hydrogen (secondary N) is 2. The number of oxazole rings is 1. The predicted molar refractivity (Wildman–Crippen MR) is 68.1 cm³/mol. The van der Waals surface area contributed by atoms with Crippen LogP contribution in [0.4, 0.5) is 6.01 Å². The maximum Gasteiger partial charge on any atom is 0.295 e. The van der Waals surface area contributed by atoms with E-state index >= 15 is 0 Å². The minimum absolute atomic E-state index is 0.237. The third kappa shape index (κ3) is 1.89. The fourth-order valence-corrected chi connectivity index (χ4v) is 2.31. The minimum Gasteiger partial charge on any atom is -0.424 e. The molecule has 90 valence electrons. The van der Waals surface area contributed by atoms with Crippen molar-refractivity contribution in [3.05, 3.63) is 24.3 Å². The second kappa shape index (κ2) is 4.04. The SMILES string of the molecule is CNC1(CNc2nc3ccccc3o2)CCC1. The zero-order chi connectivity index (χ0) is 11.7. The van der Waals surface area contributed by atoms with Crippen LogP contribution in [0, 0.1) is 0 Å². The Labute approximate surface area is 100 Å². The number of anilines is 1. The molecule has 2 N–H and O–H groups in total. The van der Waals surface area contributed by atoms with Crippen molar-refractivity contribution < 1.29 is 4.42 Å².